The smallest absolute Gasteiger partial charge is 0.101 e. The summed E-state index contributed by atoms with van der Waals surface area (Å²) in [4.78, 5) is 3.20. The number of aromatic amines is 1. The van der Waals surface area contributed by atoms with Crippen molar-refractivity contribution < 1.29 is 0 Å². The molecule has 1 unspecified atom stereocenters. The van der Waals surface area contributed by atoms with Crippen LogP contribution in [-0.2, 0) is 0 Å². The predicted molar refractivity (Wildman–Crippen MR) is 89.8 cm³/mol. The van der Waals surface area contributed by atoms with Gasteiger partial charge in [-0.25, -0.2) is 0 Å². The molecule has 2 aromatic carbocycles. The van der Waals surface area contributed by atoms with Gasteiger partial charge < -0.3 is 10.3 Å². The highest BCUT2D eigenvalue weighted by atomic mass is 14.8. The van der Waals surface area contributed by atoms with Crippen molar-refractivity contribution in [2.24, 2.45) is 0 Å². The van der Waals surface area contributed by atoms with Gasteiger partial charge in [0.2, 0.25) is 0 Å². The number of nitrogens with zero attached hydrogens (tertiary/aromatic N) is 1. The summed E-state index contributed by atoms with van der Waals surface area (Å²) in [6.45, 7) is 0.933. The Morgan fingerprint density at radius 3 is 2.68 bits per heavy atom. The fourth-order valence-electron chi connectivity index (χ4n) is 3.07. The SMILES string of the molecule is CNCCC(c1ccccc1)c1cccc2[nH]cc(C#N)c12. The van der Waals surface area contributed by atoms with Crippen molar-refractivity contribution in [2.45, 2.75) is 12.3 Å². The van der Waals surface area contributed by atoms with Crippen molar-refractivity contribution in [3.05, 3.63) is 71.4 Å². The molecule has 0 aliphatic rings. The van der Waals surface area contributed by atoms with E-state index in [1.54, 1.807) is 6.20 Å². The second kappa shape index (κ2) is 6.46. The van der Waals surface area contributed by atoms with Gasteiger partial charge in [0.1, 0.15) is 6.07 Å². The third kappa shape index (κ3) is 2.61. The van der Waals surface area contributed by atoms with Crippen molar-refractivity contribution in [2.75, 3.05) is 13.6 Å². The first-order valence-corrected chi connectivity index (χ1v) is 7.54. The van der Waals surface area contributed by atoms with E-state index in [4.69, 9.17) is 0 Å². The molecular weight excluding hydrogens is 270 g/mol. The summed E-state index contributed by atoms with van der Waals surface area (Å²) in [7, 11) is 1.97. The number of hydrogen-bond acceptors (Lipinski definition) is 2. The Hall–Kier alpha value is -2.57. The zero-order valence-corrected chi connectivity index (χ0v) is 12.6. The van der Waals surface area contributed by atoms with E-state index < -0.39 is 0 Å². The molecule has 0 aliphatic carbocycles. The normalized spacial score (nSPS) is 12.2. The van der Waals surface area contributed by atoms with Crippen molar-refractivity contribution >= 4 is 10.9 Å². The Morgan fingerprint density at radius 1 is 1.14 bits per heavy atom. The molecule has 0 amide bonds. The molecular formula is C19H19N3. The van der Waals surface area contributed by atoms with Crippen LogP contribution in [0.5, 0.6) is 0 Å². The van der Waals surface area contributed by atoms with E-state index in [9.17, 15) is 5.26 Å². The van der Waals surface area contributed by atoms with Crippen LogP contribution in [0.25, 0.3) is 10.9 Å². The molecule has 1 heterocycles. The molecule has 110 valence electrons. The molecule has 0 spiro atoms. The topological polar surface area (TPSA) is 51.6 Å². The van der Waals surface area contributed by atoms with Crippen LogP contribution in [0, 0.1) is 11.3 Å². The zero-order chi connectivity index (χ0) is 15.4. The Bertz CT molecular complexity index is 796. The Morgan fingerprint density at radius 2 is 1.95 bits per heavy atom. The zero-order valence-electron chi connectivity index (χ0n) is 12.6. The van der Waals surface area contributed by atoms with Crippen LogP contribution < -0.4 is 5.32 Å². The fourth-order valence-corrected chi connectivity index (χ4v) is 3.07. The lowest BCUT2D eigenvalue weighted by atomic mass is 9.86. The molecule has 3 rings (SSSR count). The Labute approximate surface area is 130 Å². The summed E-state index contributed by atoms with van der Waals surface area (Å²) in [5, 5.41) is 13.7. The van der Waals surface area contributed by atoms with Gasteiger partial charge in [0.15, 0.2) is 0 Å². The quantitative estimate of drug-likeness (QED) is 0.751. The van der Waals surface area contributed by atoms with Gasteiger partial charge in [0.25, 0.3) is 0 Å². The number of nitrogens with one attached hydrogen (secondary N) is 2. The van der Waals surface area contributed by atoms with Gasteiger partial charge in [-0.15, -0.1) is 0 Å². The number of nitriles is 1. The average molecular weight is 289 g/mol. The van der Waals surface area contributed by atoms with E-state index in [1.165, 1.54) is 11.1 Å². The monoisotopic (exact) mass is 289 g/mol. The highest BCUT2D eigenvalue weighted by Gasteiger charge is 2.18. The molecule has 22 heavy (non-hydrogen) atoms. The lowest BCUT2D eigenvalue weighted by Crippen LogP contribution is -2.13. The Kier molecular flexibility index (Phi) is 4.22. The second-order valence-corrected chi connectivity index (χ2v) is 5.44. The number of fused-ring (bicyclic) bond motifs is 1. The summed E-state index contributed by atoms with van der Waals surface area (Å²) in [6.07, 6.45) is 2.80. The molecule has 0 aliphatic heterocycles. The van der Waals surface area contributed by atoms with E-state index in [0.29, 0.717) is 0 Å². The summed E-state index contributed by atoms with van der Waals surface area (Å²) < 4.78 is 0. The molecule has 0 saturated heterocycles. The van der Waals surface area contributed by atoms with Gasteiger partial charge in [0, 0.05) is 23.0 Å². The van der Waals surface area contributed by atoms with Gasteiger partial charge in [-0.2, -0.15) is 5.26 Å². The maximum Gasteiger partial charge on any atom is 0.101 e. The van der Waals surface area contributed by atoms with Crippen molar-refractivity contribution in [3.63, 3.8) is 0 Å². The van der Waals surface area contributed by atoms with Crippen LogP contribution in [0.1, 0.15) is 29.0 Å². The standard InChI is InChI=1S/C19H19N3/c1-21-11-10-16(14-6-3-2-4-7-14)17-8-5-9-18-19(17)15(12-20)13-22-18/h2-9,13,16,21-22H,10-11H2,1H3. The number of hydrogen-bond donors (Lipinski definition) is 2. The largest absolute Gasteiger partial charge is 0.360 e. The summed E-state index contributed by atoms with van der Waals surface area (Å²) in [5.74, 6) is 0.278. The summed E-state index contributed by atoms with van der Waals surface area (Å²) in [6, 6.07) is 19.1. The molecule has 0 radical (unpaired) electrons. The highest BCUT2D eigenvalue weighted by Crippen LogP contribution is 2.34. The van der Waals surface area contributed by atoms with E-state index >= 15 is 0 Å². The number of H-pyrrole nitrogens is 1. The second-order valence-electron chi connectivity index (χ2n) is 5.44. The minimum atomic E-state index is 0.278. The Balaban J connectivity index is 2.16. The van der Waals surface area contributed by atoms with E-state index in [1.807, 2.05) is 19.2 Å². The van der Waals surface area contributed by atoms with E-state index in [-0.39, 0.29) is 5.92 Å². The number of rotatable bonds is 5. The van der Waals surface area contributed by atoms with Crippen molar-refractivity contribution in [1.82, 2.24) is 10.3 Å². The first kappa shape index (κ1) is 14.4. The van der Waals surface area contributed by atoms with Crippen LogP contribution in [0.4, 0.5) is 0 Å². The maximum atomic E-state index is 9.40. The lowest BCUT2D eigenvalue weighted by molar-refractivity contribution is 0.664. The highest BCUT2D eigenvalue weighted by molar-refractivity contribution is 5.89. The van der Waals surface area contributed by atoms with Crippen LogP contribution in [0.2, 0.25) is 0 Å². The predicted octanol–water partition coefficient (Wildman–Crippen LogP) is 3.78. The maximum absolute atomic E-state index is 9.40. The molecule has 1 aromatic heterocycles. The van der Waals surface area contributed by atoms with Gasteiger partial charge in [-0.05, 0) is 37.2 Å². The van der Waals surface area contributed by atoms with Gasteiger partial charge in [-0.3, -0.25) is 0 Å². The minimum Gasteiger partial charge on any atom is -0.360 e. The molecule has 1 atom stereocenters. The lowest BCUT2D eigenvalue weighted by Gasteiger charge is -2.19. The molecule has 0 fully saturated rings. The summed E-state index contributed by atoms with van der Waals surface area (Å²) in [5.41, 5.74) is 4.25. The molecule has 3 nitrogen and oxygen atoms in total. The number of benzene rings is 2. The van der Waals surface area contributed by atoms with E-state index in [2.05, 4.69) is 52.8 Å². The van der Waals surface area contributed by atoms with E-state index in [0.717, 1.165) is 29.4 Å². The van der Waals surface area contributed by atoms with Gasteiger partial charge >= 0.3 is 0 Å². The first-order valence-electron chi connectivity index (χ1n) is 7.54. The third-order valence-electron chi connectivity index (χ3n) is 4.12. The molecule has 0 bridgehead atoms. The minimum absolute atomic E-state index is 0.278. The number of aromatic nitrogens is 1. The van der Waals surface area contributed by atoms with Crippen molar-refractivity contribution in [3.8, 4) is 6.07 Å². The van der Waals surface area contributed by atoms with Crippen LogP contribution >= 0.6 is 0 Å². The first-order chi connectivity index (χ1) is 10.8. The van der Waals surface area contributed by atoms with Crippen LogP contribution in [0.3, 0.4) is 0 Å². The summed E-state index contributed by atoms with van der Waals surface area (Å²) >= 11 is 0. The van der Waals surface area contributed by atoms with Gasteiger partial charge in [0.05, 0.1) is 5.56 Å². The molecule has 3 aromatic rings. The fraction of sp³-hybridized carbons (Fsp3) is 0.211. The third-order valence-corrected chi connectivity index (χ3v) is 4.12. The molecule has 3 heteroatoms. The average Bonchev–Trinajstić information content (AvgIpc) is 3.00. The van der Waals surface area contributed by atoms with Crippen molar-refractivity contribution in [1.29, 1.82) is 5.26 Å². The molecule has 2 N–H and O–H groups in total. The molecule has 0 saturated carbocycles. The van der Waals surface area contributed by atoms with Gasteiger partial charge in [-0.1, -0.05) is 42.5 Å². The van der Waals surface area contributed by atoms with Crippen LogP contribution in [-0.4, -0.2) is 18.6 Å². The van der Waals surface area contributed by atoms with Crippen LogP contribution in [0.15, 0.2) is 54.7 Å².